The van der Waals surface area contributed by atoms with Crippen LogP contribution in [0.2, 0.25) is 0 Å². The monoisotopic (exact) mass is 235 g/mol. The van der Waals surface area contributed by atoms with Crippen LogP contribution in [0.4, 0.5) is 0 Å². The Hall–Kier alpha value is -1.22. The van der Waals surface area contributed by atoms with E-state index in [9.17, 15) is 5.11 Å². The number of phenols is 1. The highest BCUT2D eigenvalue weighted by Crippen LogP contribution is 2.40. The Labute approximate surface area is 103 Å². The van der Waals surface area contributed by atoms with Gasteiger partial charge in [0.25, 0.3) is 0 Å². The number of hydrogen-bond donors (Lipinski definition) is 2. The molecule has 0 bridgehead atoms. The van der Waals surface area contributed by atoms with Crippen LogP contribution in [0.25, 0.3) is 0 Å². The van der Waals surface area contributed by atoms with E-state index in [2.05, 4.69) is 11.4 Å². The van der Waals surface area contributed by atoms with E-state index >= 15 is 0 Å². The average molecular weight is 235 g/mol. The maximum atomic E-state index is 10.1. The Bertz CT molecular complexity index is 409. The molecule has 1 aliphatic rings. The van der Waals surface area contributed by atoms with Gasteiger partial charge in [0.2, 0.25) is 0 Å². The number of aryl methyl sites for hydroxylation is 1. The van der Waals surface area contributed by atoms with Crippen molar-refractivity contribution >= 4 is 0 Å². The van der Waals surface area contributed by atoms with Crippen LogP contribution in [0.1, 0.15) is 42.0 Å². The van der Waals surface area contributed by atoms with E-state index in [0.29, 0.717) is 11.8 Å². The fourth-order valence-corrected chi connectivity index (χ4v) is 2.49. The van der Waals surface area contributed by atoms with E-state index in [1.807, 2.05) is 13.8 Å². The summed E-state index contributed by atoms with van der Waals surface area (Å²) in [7, 11) is 1.62. The molecule has 1 atom stereocenters. The van der Waals surface area contributed by atoms with Crippen LogP contribution in [0.15, 0.2) is 6.07 Å². The van der Waals surface area contributed by atoms with Gasteiger partial charge in [-0.25, -0.2) is 0 Å². The summed E-state index contributed by atoms with van der Waals surface area (Å²) in [6.07, 6.45) is 3.57. The summed E-state index contributed by atoms with van der Waals surface area (Å²) in [5.74, 6) is 0.919. The molecule has 3 heteroatoms. The lowest BCUT2D eigenvalue weighted by Gasteiger charge is -2.26. The van der Waals surface area contributed by atoms with Crippen LogP contribution in [0.5, 0.6) is 11.5 Å². The standard InChI is InChI=1S/C14H21NO2/c1-9-8-11(12-6-4-5-7-15-12)14(17-3)13(16)10(9)2/h8,12,15-16H,4-7H2,1-3H3. The van der Waals surface area contributed by atoms with Gasteiger partial charge in [0.05, 0.1) is 7.11 Å². The summed E-state index contributed by atoms with van der Waals surface area (Å²) >= 11 is 0. The fourth-order valence-electron chi connectivity index (χ4n) is 2.49. The Morgan fingerprint density at radius 3 is 2.71 bits per heavy atom. The fraction of sp³-hybridized carbons (Fsp3) is 0.571. The van der Waals surface area contributed by atoms with Crippen molar-refractivity contribution < 1.29 is 9.84 Å². The highest BCUT2D eigenvalue weighted by Gasteiger charge is 2.22. The van der Waals surface area contributed by atoms with Crippen LogP contribution in [0.3, 0.4) is 0 Å². The van der Waals surface area contributed by atoms with Gasteiger partial charge in [0.15, 0.2) is 11.5 Å². The van der Waals surface area contributed by atoms with E-state index in [1.165, 1.54) is 12.8 Å². The summed E-state index contributed by atoms with van der Waals surface area (Å²) in [4.78, 5) is 0. The second-order valence-corrected chi connectivity index (χ2v) is 4.79. The molecule has 0 aliphatic carbocycles. The number of nitrogens with one attached hydrogen (secondary N) is 1. The lowest BCUT2D eigenvalue weighted by molar-refractivity contribution is 0.348. The number of aromatic hydroxyl groups is 1. The van der Waals surface area contributed by atoms with Crippen molar-refractivity contribution in [3.8, 4) is 11.5 Å². The minimum absolute atomic E-state index is 0.287. The molecule has 3 nitrogen and oxygen atoms in total. The van der Waals surface area contributed by atoms with Crippen LogP contribution in [0, 0.1) is 13.8 Å². The van der Waals surface area contributed by atoms with Gasteiger partial charge in [-0.05, 0) is 44.4 Å². The average Bonchev–Trinajstić information content (AvgIpc) is 2.36. The van der Waals surface area contributed by atoms with Crippen molar-refractivity contribution in [3.63, 3.8) is 0 Å². The van der Waals surface area contributed by atoms with Crippen molar-refractivity contribution in [2.24, 2.45) is 0 Å². The molecule has 1 unspecified atom stereocenters. The first-order valence-corrected chi connectivity index (χ1v) is 6.25. The minimum atomic E-state index is 0.287. The van der Waals surface area contributed by atoms with Crippen molar-refractivity contribution in [2.75, 3.05) is 13.7 Å². The molecule has 1 fully saturated rings. The van der Waals surface area contributed by atoms with Gasteiger partial charge < -0.3 is 15.2 Å². The molecule has 1 aliphatic heterocycles. The normalized spacial score (nSPS) is 20.3. The van der Waals surface area contributed by atoms with Gasteiger partial charge in [-0.2, -0.15) is 0 Å². The minimum Gasteiger partial charge on any atom is -0.504 e. The number of hydrogen-bond acceptors (Lipinski definition) is 3. The molecule has 1 aromatic rings. The molecular weight excluding hydrogens is 214 g/mol. The molecule has 0 saturated carbocycles. The number of methoxy groups -OCH3 is 1. The molecule has 0 spiro atoms. The number of piperidine rings is 1. The first-order valence-electron chi connectivity index (χ1n) is 6.25. The maximum absolute atomic E-state index is 10.1. The van der Waals surface area contributed by atoms with Gasteiger partial charge >= 0.3 is 0 Å². The summed E-state index contributed by atoms with van der Waals surface area (Å²) in [6.45, 7) is 4.99. The lowest BCUT2D eigenvalue weighted by Crippen LogP contribution is -2.27. The Balaban J connectivity index is 2.44. The Morgan fingerprint density at radius 1 is 1.35 bits per heavy atom. The van der Waals surface area contributed by atoms with Crippen LogP contribution in [-0.2, 0) is 0 Å². The molecule has 1 saturated heterocycles. The smallest absolute Gasteiger partial charge is 0.165 e. The first-order chi connectivity index (χ1) is 8.15. The van der Waals surface area contributed by atoms with E-state index in [1.54, 1.807) is 7.11 Å². The molecule has 1 heterocycles. The quantitative estimate of drug-likeness (QED) is 0.828. The molecule has 2 N–H and O–H groups in total. The second-order valence-electron chi connectivity index (χ2n) is 4.79. The highest BCUT2D eigenvalue weighted by molar-refractivity contribution is 5.55. The SMILES string of the molecule is COc1c(C2CCCCN2)cc(C)c(C)c1O. The predicted molar refractivity (Wildman–Crippen MR) is 68.7 cm³/mol. The summed E-state index contributed by atoms with van der Waals surface area (Å²) in [5.41, 5.74) is 3.11. The Morgan fingerprint density at radius 2 is 2.12 bits per heavy atom. The zero-order chi connectivity index (χ0) is 12.4. The number of ether oxygens (including phenoxy) is 1. The number of phenolic OH excluding ortho intramolecular Hbond substituents is 1. The lowest BCUT2D eigenvalue weighted by atomic mass is 9.93. The van der Waals surface area contributed by atoms with Gasteiger partial charge in [-0.15, -0.1) is 0 Å². The highest BCUT2D eigenvalue weighted by atomic mass is 16.5. The molecular formula is C14H21NO2. The zero-order valence-corrected chi connectivity index (χ0v) is 10.8. The third-order valence-corrected chi connectivity index (χ3v) is 3.69. The third kappa shape index (κ3) is 2.25. The number of rotatable bonds is 2. The van der Waals surface area contributed by atoms with Gasteiger partial charge in [-0.3, -0.25) is 0 Å². The molecule has 0 amide bonds. The van der Waals surface area contributed by atoms with Crippen LogP contribution >= 0.6 is 0 Å². The second kappa shape index (κ2) is 4.96. The molecule has 2 rings (SSSR count). The van der Waals surface area contributed by atoms with E-state index in [-0.39, 0.29) is 5.75 Å². The first kappa shape index (κ1) is 12.2. The molecule has 1 aromatic carbocycles. The van der Waals surface area contributed by atoms with Crippen molar-refractivity contribution in [1.29, 1.82) is 0 Å². The summed E-state index contributed by atoms with van der Waals surface area (Å²) in [6, 6.07) is 2.44. The zero-order valence-electron chi connectivity index (χ0n) is 10.8. The molecule has 94 valence electrons. The van der Waals surface area contributed by atoms with E-state index in [4.69, 9.17) is 4.74 Å². The van der Waals surface area contributed by atoms with Crippen molar-refractivity contribution in [3.05, 3.63) is 22.8 Å². The molecule has 0 aromatic heterocycles. The number of benzene rings is 1. The Kier molecular flexibility index (Phi) is 3.57. The summed E-state index contributed by atoms with van der Waals surface area (Å²) in [5, 5.41) is 13.6. The van der Waals surface area contributed by atoms with Gasteiger partial charge in [-0.1, -0.05) is 12.5 Å². The van der Waals surface area contributed by atoms with Gasteiger partial charge in [0, 0.05) is 11.6 Å². The molecule has 17 heavy (non-hydrogen) atoms. The predicted octanol–water partition coefficient (Wildman–Crippen LogP) is 2.83. The van der Waals surface area contributed by atoms with Crippen LogP contribution < -0.4 is 10.1 Å². The largest absolute Gasteiger partial charge is 0.504 e. The topological polar surface area (TPSA) is 41.5 Å². The van der Waals surface area contributed by atoms with Crippen molar-refractivity contribution in [1.82, 2.24) is 5.32 Å². The van der Waals surface area contributed by atoms with E-state index < -0.39 is 0 Å². The third-order valence-electron chi connectivity index (χ3n) is 3.69. The molecule has 0 radical (unpaired) electrons. The summed E-state index contributed by atoms with van der Waals surface area (Å²) < 4.78 is 5.38. The van der Waals surface area contributed by atoms with Gasteiger partial charge in [0.1, 0.15) is 0 Å². The van der Waals surface area contributed by atoms with E-state index in [0.717, 1.165) is 29.7 Å². The van der Waals surface area contributed by atoms with Crippen molar-refractivity contribution in [2.45, 2.75) is 39.2 Å². The maximum Gasteiger partial charge on any atom is 0.165 e. The van der Waals surface area contributed by atoms with Crippen LogP contribution in [-0.4, -0.2) is 18.8 Å².